The Morgan fingerprint density at radius 2 is 1.84 bits per heavy atom. The summed E-state index contributed by atoms with van der Waals surface area (Å²) in [6.45, 7) is 1.95. The van der Waals surface area contributed by atoms with Crippen LogP contribution in [-0.4, -0.2) is 47.6 Å². The number of aliphatic hydroxyl groups is 1. The smallest absolute Gasteiger partial charge is 0.335 e. The molecule has 0 spiro atoms. The SMILES string of the molecule is CCC1(O)CN(S(=O)(=O)c2ccc(C(=O)O)cc2)C1. The lowest BCUT2D eigenvalue weighted by atomic mass is 9.94. The van der Waals surface area contributed by atoms with Crippen molar-refractivity contribution in [2.24, 2.45) is 0 Å². The van der Waals surface area contributed by atoms with Gasteiger partial charge >= 0.3 is 5.97 Å². The average molecular weight is 285 g/mol. The second-order valence-electron chi connectivity index (χ2n) is 4.68. The van der Waals surface area contributed by atoms with Gasteiger partial charge in [-0.25, -0.2) is 13.2 Å². The number of hydrogen-bond donors (Lipinski definition) is 2. The number of aromatic carboxylic acids is 1. The van der Waals surface area contributed by atoms with E-state index in [1.54, 1.807) is 6.92 Å². The topological polar surface area (TPSA) is 94.9 Å². The largest absolute Gasteiger partial charge is 0.478 e. The second kappa shape index (κ2) is 4.59. The third kappa shape index (κ3) is 2.49. The maximum Gasteiger partial charge on any atom is 0.335 e. The van der Waals surface area contributed by atoms with Gasteiger partial charge in [0.25, 0.3) is 0 Å². The summed E-state index contributed by atoms with van der Waals surface area (Å²) in [6, 6.07) is 5.03. The highest BCUT2D eigenvalue weighted by Gasteiger charge is 2.45. The van der Waals surface area contributed by atoms with Crippen molar-refractivity contribution < 1.29 is 23.4 Å². The molecule has 1 heterocycles. The first-order valence-electron chi connectivity index (χ1n) is 5.84. The van der Waals surface area contributed by atoms with Crippen LogP contribution in [-0.2, 0) is 10.0 Å². The average Bonchev–Trinajstić information content (AvgIpc) is 2.35. The number of carbonyl (C=O) groups is 1. The Kier molecular flexibility index (Phi) is 3.38. The summed E-state index contributed by atoms with van der Waals surface area (Å²) >= 11 is 0. The lowest BCUT2D eigenvalue weighted by Crippen LogP contribution is -2.62. The molecule has 2 rings (SSSR count). The quantitative estimate of drug-likeness (QED) is 0.841. The first-order chi connectivity index (χ1) is 8.78. The Morgan fingerprint density at radius 1 is 1.32 bits per heavy atom. The van der Waals surface area contributed by atoms with Crippen molar-refractivity contribution >= 4 is 16.0 Å². The van der Waals surface area contributed by atoms with Crippen LogP contribution in [0, 0.1) is 0 Å². The minimum absolute atomic E-state index is 0.0348. The number of hydrogen-bond acceptors (Lipinski definition) is 4. The van der Waals surface area contributed by atoms with Crippen LogP contribution in [0.4, 0.5) is 0 Å². The molecule has 0 amide bonds. The van der Waals surface area contributed by atoms with Gasteiger partial charge < -0.3 is 10.2 Å². The monoisotopic (exact) mass is 285 g/mol. The summed E-state index contributed by atoms with van der Waals surface area (Å²) in [6.07, 6.45) is 0.497. The molecule has 0 radical (unpaired) electrons. The van der Waals surface area contributed by atoms with Gasteiger partial charge in [-0.05, 0) is 30.7 Å². The van der Waals surface area contributed by atoms with Crippen LogP contribution in [0.15, 0.2) is 29.2 Å². The molecule has 1 aliphatic rings. The van der Waals surface area contributed by atoms with E-state index >= 15 is 0 Å². The number of carboxylic acid groups (broad SMARTS) is 1. The highest BCUT2D eigenvalue weighted by atomic mass is 32.2. The van der Waals surface area contributed by atoms with E-state index in [2.05, 4.69) is 0 Å². The lowest BCUT2D eigenvalue weighted by Gasteiger charge is -2.44. The fourth-order valence-corrected chi connectivity index (χ4v) is 3.52. The fourth-order valence-electron chi connectivity index (χ4n) is 1.92. The van der Waals surface area contributed by atoms with Crippen LogP contribution in [0.5, 0.6) is 0 Å². The summed E-state index contributed by atoms with van der Waals surface area (Å²) in [5, 5.41) is 18.6. The van der Waals surface area contributed by atoms with Gasteiger partial charge in [0.2, 0.25) is 10.0 Å². The van der Waals surface area contributed by atoms with Crippen molar-refractivity contribution in [1.29, 1.82) is 0 Å². The second-order valence-corrected chi connectivity index (χ2v) is 6.62. The Morgan fingerprint density at radius 3 is 2.26 bits per heavy atom. The Balaban J connectivity index is 2.20. The van der Waals surface area contributed by atoms with Crippen LogP contribution >= 0.6 is 0 Å². The molecule has 0 bridgehead atoms. The minimum Gasteiger partial charge on any atom is -0.478 e. The van der Waals surface area contributed by atoms with Gasteiger partial charge in [0, 0.05) is 13.1 Å². The Bertz CT molecular complexity index is 587. The molecule has 6 nitrogen and oxygen atoms in total. The molecule has 0 atom stereocenters. The van der Waals surface area contributed by atoms with Crippen molar-refractivity contribution in [3.8, 4) is 0 Å². The molecule has 1 aliphatic heterocycles. The van der Waals surface area contributed by atoms with E-state index in [1.165, 1.54) is 28.6 Å². The molecule has 1 fully saturated rings. The van der Waals surface area contributed by atoms with Gasteiger partial charge in [0.15, 0.2) is 0 Å². The van der Waals surface area contributed by atoms with E-state index in [-0.39, 0.29) is 23.5 Å². The number of sulfonamides is 1. The summed E-state index contributed by atoms with van der Waals surface area (Å²) < 4.78 is 25.5. The molecule has 1 saturated heterocycles. The first-order valence-corrected chi connectivity index (χ1v) is 7.28. The molecule has 2 N–H and O–H groups in total. The highest BCUT2D eigenvalue weighted by Crippen LogP contribution is 2.30. The first kappa shape index (κ1) is 14.0. The zero-order valence-corrected chi connectivity index (χ0v) is 11.2. The number of rotatable bonds is 4. The van der Waals surface area contributed by atoms with Crippen LogP contribution in [0.25, 0.3) is 0 Å². The normalized spacial score (nSPS) is 18.8. The molecular weight excluding hydrogens is 270 g/mol. The number of benzene rings is 1. The van der Waals surface area contributed by atoms with Crippen LogP contribution < -0.4 is 0 Å². The molecular formula is C12H15NO5S. The van der Waals surface area contributed by atoms with Crippen LogP contribution in [0.2, 0.25) is 0 Å². The number of carboxylic acids is 1. The zero-order chi connectivity index (χ0) is 14.3. The van der Waals surface area contributed by atoms with Gasteiger partial charge in [0.05, 0.1) is 16.1 Å². The zero-order valence-electron chi connectivity index (χ0n) is 10.4. The Labute approximate surface area is 111 Å². The van der Waals surface area contributed by atoms with Crippen molar-refractivity contribution in [3.63, 3.8) is 0 Å². The van der Waals surface area contributed by atoms with E-state index in [1.807, 2.05) is 0 Å². The van der Waals surface area contributed by atoms with E-state index < -0.39 is 21.6 Å². The molecule has 0 saturated carbocycles. The van der Waals surface area contributed by atoms with Crippen LogP contribution in [0.1, 0.15) is 23.7 Å². The van der Waals surface area contributed by atoms with E-state index in [0.717, 1.165) is 0 Å². The predicted octanol–water partition coefficient (Wildman–Crippen LogP) is 0.530. The summed E-state index contributed by atoms with van der Waals surface area (Å²) in [7, 11) is -3.65. The van der Waals surface area contributed by atoms with E-state index in [9.17, 15) is 18.3 Å². The molecule has 0 unspecified atom stereocenters. The molecule has 104 valence electrons. The Hall–Kier alpha value is -1.44. The molecule has 1 aromatic carbocycles. The van der Waals surface area contributed by atoms with Crippen molar-refractivity contribution in [1.82, 2.24) is 4.31 Å². The summed E-state index contributed by atoms with van der Waals surface area (Å²) in [5.74, 6) is -1.10. The maximum atomic E-state index is 12.2. The fraction of sp³-hybridized carbons (Fsp3) is 0.417. The standard InChI is InChI=1S/C12H15NO5S/c1-2-12(16)7-13(8-12)19(17,18)10-5-3-9(4-6-10)11(14)15/h3-6,16H,2,7-8H2,1H3,(H,14,15). The maximum absolute atomic E-state index is 12.2. The molecule has 1 aromatic rings. The van der Waals surface area contributed by atoms with Crippen molar-refractivity contribution in [3.05, 3.63) is 29.8 Å². The summed E-state index contributed by atoms with van der Waals surface area (Å²) in [5.41, 5.74) is -0.902. The van der Waals surface area contributed by atoms with Crippen molar-refractivity contribution in [2.45, 2.75) is 23.8 Å². The van der Waals surface area contributed by atoms with Gasteiger partial charge in [-0.15, -0.1) is 0 Å². The van der Waals surface area contributed by atoms with Crippen molar-refractivity contribution in [2.75, 3.05) is 13.1 Å². The molecule has 19 heavy (non-hydrogen) atoms. The third-order valence-corrected chi connectivity index (χ3v) is 5.14. The number of nitrogens with zero attached hydrogens (tertiary/aromatic N) is 1. The third-order valence-electron chi connectivity index (χ3n) is 3.34. The van der Waals surface area contributed by atoms with Gasteiger partial charge in [-0.1, -0.05) is 6.92 Å². The summed E-state index contributed by atoms with van der Waals surface area (Å²) in [4.78, 5) is 10.7. The highest BCUT2D eigenvalue weighted by molar-refractivity contribution is 7.89. The molecule has 7 heteroatoms. The van der Waals surface area contributed by atoms with Gasteiger partial charge in [-0.3, -0.25) is 0 Å². The number of β-amino-alcohol motifs (C(OH)–C–C–N with tert-alkyl or cyclic N) is 1. The van der Waals surface area contributed by atoms with Crippen LogP contribution in [0.3, 0.4) is 0 Å². The lowest BCUT2D eigenvalue weighted by molar-refractivity contribution is -0.0613. The minimum atomic E-state index is -3.65. The predicted molar refractivity (Wildman–Crippen MR) is 67.4 cm³/mol. The van der Waals surface area contributed by atoms with E-state index in [0.29, 0.717) is 6.42 Å². The molecule has 0 aromatic heterocycles. The molecule has 0 aliphatic carbocycles. The van der Waals surface area contributed by atoms with Gasteiger partial charge in [0.1, 0.15) is 0 Å². The van der Waals surface area contributed by atoms with Gasteiger partial charge in [-0.2, -0.15) is 4.31 Å². The van der Waals surface area contributed by atoms with E-state index in [4.69, 9.17) is 5.11 Å².